The van der Waals surface area contributed by atoms with Crippen LogP contribution in [0.15, 0.2) is 46.7 Å². The van der Waals surface area contributed by atoms with Gasteiger partial charge in [0.2, 0.25) is 0 Å². The van der Waals surface area contributed by atoms with E-state index in [9.17, 15) is 18.0 Å². The molecule has 1 aliphatic rings. The number of ether oxygens (including phenoxy) is 2. The number of hydrogen-bond acceptors (Lipinski definition) is 8. The number of rotatable bonds is 8. The summed E-state index contributed by atoms with van der Waals surface area (Å²) >= 11 is 7.31. The Morgan fingerprint density at radius 1 is 1.19 bits per heavy atom. The van der Waals surface area contributed by atoms with Gasteiger partial charge in [-0.15, -0.1) is 11.3 Å². The van der Waals surface area contributed by atoms with Crippen molar-refractivity contribution < 1.29 is 27.5 Å². The number of nitrogens with one attached hydrogen (secondary N) is 1. The smallest absolute Gasteiger partial charge is 0.311 e. The zero-order valence-electron chi connectivity index (χ0n) is 20.3. The molecule has 3 aromatic rings. The highest BCUT2D eigenvalue weighted by Gasteiger charge is 2.31. The first-order valence-corrected chi connectivity index (χ1v) is 14.3. The summed E-state index contributed by atoms with van der Waals surface area (Å²) in [6.45, 7) is 2.25. The number of aromatic nitrogens is 1. The van der Waals surface area contributed by atoms with Crippen LogP contribution in [0.1, 0.15) is 41.4 Å². The molecule has 37 heavy (non-hydrogen) atoms. The number of anilines is 2. The molecule has 0 bridgehead atoms. The van der Waals surface area contributed by atoms with Gasteiger partial charge in [0.25, 0.3) is 15.9 Å². The van der Waals surface area contributed by atoms with E-state index < -0.39 is 21.9 Å². The van der Waals surface area contributed by atoms with Crippen molar-refractivity contribution in [3.05, 3.63) is 63.6 Å². The molecule has 0 radical (unpaired) electrons. The first-order valence-electron chi connectivity index (χ1n) is 11.6. The van der Waals surface area contributed by atoms with Crippen molar-refractivity contribution in [3.8, 4) is 5.75 Å². The van der Waals surface area contributed by atoms with E-state index in [1.165, 1.54) is 34.9 Å². The maximum atomic E-state index is 13.8. The lowest BCUT2D eigenvalue weighted by Crippen LogP contribution is -2.32. The van der Waals surface area contributed by atoms with E-state index in [0.717, 1.165) is 12.0 Å². The fourth-order valence-corrected chi connectivity index (χ4v) is 6.69. The van der Waals surface area contributed by atoms with E-state index in [1.54, 1.807) is 36.6 Å². The second-order valence-corrected chi connectivity index (χ2v) is 11.4. The standard InChI is InChI=1S/C25H26ClN3O6S2/c1-3-35-23(30)14-19-15-36-25(27-19)28-24(31)17-8-7-16-6-4-5-11-29(20(16)12-17)37(32,33)22-13-18(26)9-10-21(22)34-2/h7-10,12-13,15H,3-6,11,14H2,1-2H3,(H,27,28,31). The normalized spacial score (nSPS) is 13.4. The molecular formula is C25H26ClN3O6S2. The molecule has 1 aliphatic heterocycles. The van der Waals surface area contributed by atoms with Crippen LogP contribution in [0.2, 0.25) is 5.02 Å². The molecule has 12 heteroatoms. The fraction of sp³-hybridized carbons (Fsp3) is 0.320. The van der Waals surface area contributed by atoms with Crippen molar-refractivity contribution in [2.24, 2.45) is 0 Å². The number of halogens is 1. The van der Waals surface area contributed by atoms with Crippen molar-refractivity contribution in [1.82, 2.24) is 4.98 Å². The maximum Gasteiger partial charge on any atom is 0.311 e. The Morgan fingerprint density at radius 3 is 2.76 bits per heavy atom. The molecule has 4 rings (SSSR count). The topological polar surface area (TPSA) is 115 Å². The summed E-state index contributed by atoms with van der Waals surface area (Å²) in [7, 11) is -2.64. The van der Waals surface area contributed by atoms with Crippen LogP contribution < -0.4 is 14.4 Å². The first kappa shape index (κ1) is 26.9. The molecule has 0 saturated carbocycles. The Morgan fingerprint density at radius 2 is 2.00 bits per heavy atom. The molecule has 0 unspecified atom stereocenters. The summed E-state index contributed by atoms with van der Waals surface area (Å²) in [4.78, 5) is 29.0. The minimum Gasteiger partial charge on any atom is -0.495 e. The predicted octanol–water partition coefficient (Wildman–Crippen LogP) is 4.69. The average Bonchev–Trinajstić information content (AvgIpc) is 3.18. The SMILES string of the molecule is CCOC(=O)Cc1csc(NC(=O)c2ccc3c(c2)N(S(=O)(=O)c2cc(Cl)ccc2OC)CCCC3)n1. The van der Waals surface area contributed by atoms with E-state index in [-0.39, 0.29) is 40.8 Å². The molecule has 0 atom stereocenters. The van der Waals surface area contributed by atoms with E-state index >= 15 is 0 Å². The third-order valence-corrected chi connectivity index (χ3v) is 8.65. The van der Waals surface area contributed by atoms with Crippen LogP contribution in [-0.2, 0) is 32.4 Å². The Hall–Kier alpha value is -3.15. The lowest BCUT2D eigenvalue weighted by Gasteiger charge is -2.26. The number of benzene rings is 2. The van der Waals surface area contributed by atoms with Crippen LogP contribution in [-0.4, -0.2) is 45.5 Å². The summed E-state index contributed by atoms with van der Waals surface area (Å²) in [5.74, 6) is -0.651. The summed E-state index contributed by atoms with van der Waals surface area (Å²) in [5, 5.41) is 5.00. The van der Waals surface area contributed by atoms with Gasteiger partial charge in [-0.05, 0) is 62.1 Å². The highest BCUT2D eigenvalue weighted by atomic mass is 35.5. The molecule has 0 saturated heterocycles. The van der Waals surface area contributed by atoms with Gasteiger partial charge in [-0.2, -0.15) is 0 Å². The third-order valence-electron chi connectivity index (χ3n) is 5.77. The number of hydrogen-bond donors (Lipinski definition) is 1. The summed E-state index contributed by atoms with van der Waals surface area (Å²) in [6, 6.07) is 9.47. The highest BCUT2D eigenvalue weighted by molar-refractivity contribution is 7.93. The number of aryl methyl sites for hydroxylation is 1. The van der Waals surface area contributed by atoms with Gasteiger partial charge in [0, 0.05) is 22.5 Å². The van der Waals surface area contributed by atoms with E-state index in [4.69, 9.17) is 21.1 Å². The summed E-state index contributed by atoms with van der Waals surface area (Å²) < 4.78 is 39.1. The number of sulfonamides is 1. The lowest BCUT2D eigenvalue weighted by atomic mass is 10.0. The Balaban J connectivity index is 1.63. The number of fused-ring (bicyclic) bond motifs is 1. The largest absolute Gasteiger partial charge is 0.495 e. The van der Waals surface area contributed by atoms with Crippen LogP contribution >= 0.6 is 22.9 Å². The summed E-state index contributed by atoms with van der Waals surface area (Å²) in [5.41, 5.74) is 2.04. The number of amides is 1. The van der Waals surface area contributed by atoms with Gasteiger partial charge in [0.05, 0.1) is 31.5 Å². The van der Waals surface area contributed by atoms with Gasteiger partial charge in [-0.1, -0.05) is 17.7 Å². The number of carbonyl (C=O) groups is 2. The van der Waals surface area contributed by atoms with Gasteiger partial charge in [0.1, 0.15) is 10.6 Å². The minimum atomic E-state index is -4.04. The molecule has 196 valence electrons. The number of esters is 1. The van der Waals surface area contributed by atoms with Crippen molar-refractivity contribution >= 4 is 55.7 Å². The van der Waals surface area contributed by atoms with Crippen LogP contribution in [0.4, 0.5) is 10.8 Å². The van der Waals surface area contributed by atoms with Crippen LogP contribution in [0.3, 0.4) is 0 Å². The number of thiazole rings is 1. The number of nitrogens with zero attached hydrogens (tertiary/aromatic N) is 2. The van der Waals surface area contributed by atoms with Crippen molar-refractivity contribution in [2.75, 3.05) is 29.9 Å². The van der Waals surface area contributed by atoms with Crippen molar-refractivity contribution in [1.29, 1.82) is 0 Å². The lowest BCUT2D eigenvalue weighted by molar-refractivity contribution is -0.142. The van der Waals surface area contributed by atoms with Crippen LogP contribution in [0, 0.1) is 0 Å². The number of methoxy groups -OCH3 is 1. The molecule has 1 aromatic heterocycles. The van der Waals surface area contributed by atoms with E-state index in [2.05, 4.69) is 10.3 Å². The van der Waals surface area contributed by atoms with E-state index in [0.29, 0.717) is 29.4 Å². The van der Waals surface area contributed by atoms with Gasteiger partial charge in [-0.3, -0.25) is 19.2 Å². The van der Waals surface area contributed by atoms with Gasteiger partial charge < -0.3 is 9.47 Å². The van der Waals surface area contributed by atoms with Gasteiger partial charge in [0.15, 0.2) is 5.13 Å². The molecular weight excluding hydrogens is 538 g/mol. The van der Waals surface area contributed by atoms with Crippen molar-refractivity contribution in [2.45, 2.75) is 37.5 Å². The molecule has 0 spiro atoms. The second-order valence-electron chi connectivity index (χ2n) is 8.25. The molecule has 0 aliphatic carbocycles. The monoisotopic (exact) mass is 563 g/mol. The molecule has 2 aromatic carbocycles. The van der Waals surface area contributed by atoms with Gasteiger partial charge >= 0.3 is 5.97 Å². The molecule has 0 fully saturated rings. The quantitative estimate of drug-likeness (QED) is 0.395. The molecule has 1 N–H and O–H groups in total. The third kappa shape index (κ3) is 6.06. The fourth-order valence-electron chi connectivity index (χ4n) is 4.04. The highest BCUT2D eigenvalue weighted by Crippen LogP contribution is 2.36. The average molecular weight is 564 g/mol. The zero-order valence-corrected chi connectivity index (χ0v) is 22.7. The number of carbonyl (C=O) groups excluding carboxylic acids is 2. The minimum absolute atomic E-state index is 0.0127. The molecule has 2 heterocycles. The predicted molar refractivity (Wildman–Crippen MR) is 142 cm³/mol. The van der Waals surface area contributed by atoms with Crippen LogP contribution in [0.5, 0.6) is 5.75 Å². The Bertz CT molecular complexity index is 1420. The second kappa shape index (κ2) is 11.5. The van der Waals surface area contributed by atoms with Gasteiger partial charge in [-0.25, -0.2) is 13.4 Å². The summed E-state index contributed by atoms with van der Waals surface area (Å²) in [6.07, 6.45) is 2.15. The molecule has 9 nitrogen and oxygen atoms in total. The molecule has 1 amide bonds. The van der Waals surface area contributed by atoms with Crippen LogP contribution in [0.25, 0.3) is 0 Å². The maximum absolute atomic E-state index is 13.8. The van der Waals surface area contributed by atoms with Crippen molar-refractivity contribution in [3.63, 3.8) is 0 Å². The Kier molecular flexibility index (Phi) is 8.35. The van der Waals surface area contributed by atoms with E-state index in [1.807, 2.05) is 0 Å². The first-order chi connectivity index (χ1) is 17.7. The zero-order chi connectivity index (χ0) is 26.6. The Labute approximate surface area is 224 Å².